The van der Waals surface area contributed by atoms with Crippen LogP contribution in [0.5, 0.6) is 0 Å². The molecule has 3 rings (SSSR count). The predicted octanol–water partition coefficient (Wildman–Crippen LogP) is 4.32. The Morgan fingerprint density at radius 2 is 1.39 bits per heavy atom. The lowest BCUT2D eigenvalue weighted by molar-refractivity contribution is -0.186. The fourth-order valence-electron chi connectivity index (χ4n) is 6.62. The molecule has 1 N–H and O–H groups in total. The van der Waals surface area contributed by atoms with Gasteiger partial charge in [-0.15, -0.1) is 0 Å². The second-order valence-corrected chi connectivity index (χ2v) is 13.9. The molecule has 1 aromatic carbocycles. The third kappa shape index (κ3) is 8.83. The lowest BCUT2D eigenvalue weighted by Gasteiger charge is -2.44. The van der Waals surface area contributed by atoms with Crippen LogP contribution in [0.4, 0.5) is 0 Å². The minimum Gasteiger partial charge on any atom is -0.462 e. The van der Waals surface area contributed by atoms with Crippen LogP contribution in [0.15, 0.2) is 54.6 Å². The van der Waals surface area contributed by atoms with Crippen molar-refractivity contribution < 1.29 is 57.6 Å². The van der Waals surface area contributed by atoms with Crippen molar-refractivity contribution in [2.75, 3.05) is 0 Å². The van der Waals surface area contributed by atoms with Crippen molar-refractivity contribution in [2.45, 2.75) is 105 Å². The van der Waals surface area contributed by atoms with Gasteiger partial charge in [-0.1, -0.05) is 78.5 Å². The molecular weight excluding hydrogens is 636 g/mol. The number of fused-ring (bicyclic) bond motifs is 1. The maximum absolute atomic E-state index is 14.3. The summed E-state index contributed by atoms with van der Waals surface area (Å²) >= 11 is 0. The van der Waals surface area contributed by atoms with E-state index in [1.54, 1.807) is 65.8 Å². The fourth-order valence-corrected chi connectivity index (χ4v) is 6.62. The molecule has 1 fully saturated rings. The van der Waals surface area contributed by atoms with Gasteiger partial charge in [-0.25, -0.2) is 4.79 Å². The van der Waals surface area contributed by atoms with Gasteiger partial charge in [-0.2, -0.15) is 0 Å². The Hall–Kier alpha value is -4.32. The zero-order valence-electron chi connectivity index (χ0n) is 29.6. The smallest absolute Gasteiger partial charge is 0.338 e. The van der Waals surface area contributed by atoms with E-state index in [1.165, 1.54) is 25.1 Å². The van der Waals surface area contributed by atoms with E-state index >= 15 is 0 Å². The van der Waals surface area contributed by atoms with Gasteiger partial charge in [0.15, 0.2) is 24.1 Å². The standard InChI is InChI=1S/C37H48O12/c1-19(2)34(42)48-29-22(5)30(49-35(43)26-14-12-11-13-15-26)31(46-24(7)39)33(47-25(8)40)36(9,10)17-16-20(3)32(41)37(44)18-21(4)28(27(29)37)45-23(6)38/h11-17,19-21,27-31,33,44H,5,18H2,1-4,6-10H3/t20-,21-,27+,28-,29-,30-,31+,33+,37+/m0/s1. The Morgan fingerprint density at radius 3 is 1.92 bits per heavy atom. The molecule has 0 aromatic heterocycles. The highest BCUT2D eigenvalue weighted by Gasteiger charge is 2.63. The quantitative estimate of drug-likeness (QED) is 0.246. The van der Waals surface area contributed by atoms with Crippen molar-refractivity contribution in [3.05, 3.63) is 60.2 Å². The first-order valence-electron chi connectivity index (χ1n) is 16.3. The van der Waals surface area contributed by atoms with Crippen molar-refractivity contribution in [2.24, 2.45) is 29.1 Å². The Kier molecular flexibility index (Phi) is 12.4. The highest BCUT2D eigenvalue weighted by Crippen LogP contribution is 2.49. The number of carbonyl (C=O) groups excluding carboxylic acids is 6. The summed E-state index contributed by atoms with van der Waals surface area (Å²) < 4.78 is 29.4. The summed E-state index contributed by atoms with van der Waals surface area (Å²) in [6, 6.07) is 7.88. The van der Waals surface area contributed by atoms with E-state index in [9.17, 15) is 33.9 Å². The maximum atomic E-state index is 14.3. The van der Waals surface area contributed by atoms with Crippen LogP contribution in [0.2, 0.25) is 0 Å². The Morgan fingerprint density at radius 1 is 0.837 bits per heavy atom. The molecule has 0 heterocycles. The third-order valence-corrected chi connectivity index (χ3v) is 9.00. The molecule has 2 aliphatic rings. The molecule has 49 heavy (non-hydrogen) atoms. The predicted molar refractivity (Wildman–Crippen MR) is 175 cm³/mol. The molecule has 0 saturated heterocycles. The third-order valence-electron chi connectivity index (χ3n) is 9.00. The molecule has 0 spiro atoms. The molecule has 268 valence electrons. The second kappa shape index (κ2) is 15.5. The highest BCUT2D eigenvalue weighted by molar-refractivity contribution is 5.92. The number of aliphatic hydroxyl groups is 1. The highest BCUT2D eigenvalue weighted by atomic mass is 16.6. The molecule has 2 aliphatic carbocycles. The van der Waals surface area contributed by atoms with Crippen molar-refractivity contribution in [3.8, 4) is 0 Å². The summed E-state index contributed by atoms with van der Waals surface area (Å²) in [4.78, 5) is 79.2. The van der Waals surface area contributed by atoms with Crippen LogP contribution in [0.3, 0.4) is 0 Å². The number of esters is 5. The van der Waals surface area contributed by atoms with Gasteiger partial charge in [0.1, 0.15) is 17.8 Å². The summed E-state index contributed by atoms with van der Waals surface area (Å²) in [6.07, 6.45) is -4.53. The molecule has 0 radical (unpaired) electrons. The maximum Gasteiger partial charge on any atom is 0.338 e. The van der Waals surface area contributed by atoms with E-state index in [4.69, 9.17) is 23.7 Å². The molecule has 1 saturated carbocycles. The summed E-state index contributed by atoms with van der Waals surface area (Å²) in [5.74, 6) is -8.32. The number of hydrogen-bond acceptors (Lipinski definition) is 12. The van der Waals surface area contributed by atoms with Crippen LogP contribution in [0.25, 0.3) is 0 Å². The van der Waals surface area contributed by atoms with E-state index in [2.05, 4.69) is 6.58 Å². The summed E-state index contributed by atoms with van der Waals surface area (Å²) in [7, 11) is 0. The van der Waals surface area contributed by atoms with Crippen LogP contribution in [0, 0.1) is 29.1 Å². The lowest BCUT2D eigenvalue weighted by Crippen LogP contribution is -2.58. The van der Waals surface area contributed by atoms with Gasteiger partial charge in [0, 0.05) is 37.7 Å². The van der Waals surface area contributed by atoms with Crippen molar-refractivity contribution in [3.63, 3.8) is 0 Å². The number of hydrogen-bond donors (Lipinski definition) is 1. The van der Waals surface area contributed by atoms with Gasteiger partial charge in [-0.05, 0) is 24.5 Å². The number of carbonyl (C=O) groups is 6. The molecule has 12 heteroatoms. The second-order valence-electron chi connectivity index (χ2n) is 13.9. The first-order valence-corrected chi connectivity index (χ1v) is 16.3. The van der Waals surface area contributed by atoms with E-state index in [-0.39, 0.29) is 17.6 Å². The molecule has 9 atom stereocenters. The van der Waals surface area contributed by atoms with Crippen LogP contribution < -0.4 is 0 Å². The summed E-state index contributed by atoms with van der Waals surface area (Å²) in [5.41, 5.74) is -3.54. The normalized spacial score (nSPS) is 31.4. The van der Waals surface area contributed by atoms with E-state index in [0.717, 1.165) is 13.8 Å². The monoisotopic (exact) mass is 684 g/mol. The molecule has 0 bridgehead atoms. The average Bonchev–Trinajstić information content (AvgIpc) is 3.26. The minimum absolute atomic E-state index is 0.106. The zero-order valence-corrected chi connectivity index (χ0v) is 29.6. The molecule has 12 nitrogen and oxygen atoms in total. The zero-order chi connectivity index (χ0) is 37.0. The Balaban J connectivity index is 2.46. The molecular formula is C37H48O12. The van der Waals surface area contributed by atoms with E-state index in [0.29, 0.717) is 0 Å². The minimum atomic E-state index is -2.24. The molecule has 0 amide bonds. The first kappa shape index (κ1) is 39.1. The van der Waals surface area contributed by atoms with Gasteiger partial charge in [0.2, 0.25) is 0 Å². The van der Waals surface area contributed by atoms with Crippen molar-refractivity contribution in [1.29, 1.82) is 0 Å². The molecule has 1 aromatic rings. The Bertz CT molecular complexity index is 1480. The Labute approximate surface area is 287 Å². The largest absolute Gasteiger partial charge is 0.462 e. The number of benzene rings is 1. The van der Waals surface area contributed by atoms with Crippen LogP contribution >= 0.6 is 0 Å². The number of rotatable bonds is 7. The fraction of sp³-hybridized carbons (Fsp3) is 0.568. The molecule has 0 aliphatic heterocycles. The number of ketones is 1. The molecule has 0 unspecified atom stereocenters. The summed E-state index contributed by atoms with van der Waals surface area (Å²) in [5, 5.41) is 12.4. The number of ether oxygens (including phenoxy) is 5. The van der Waals surface area contributed by atoms with Gasteiger partial charge in [-0.3, -0.25) is 24.0 Å². The van der Waals surface area contributed by atoms with Gasteiger partial charge < -0.3 is 28.8 Å². The number of Topliss-reactive ketones (excluding diaryl/α,β-unsaturated/α-hetero) is 1. The van der Waals surface area contributed by atoms with Crippen LogP contribution in [0.1, 0.15) is 79.1 Å². The first-order chi connectivity index (χ1) is 22.7. The lowest BCUT2D eigenvalue weighted by atomic mass is 9.72. The van der Waals surface area contributed by atoms with E-state index < -0.39 is 101 Å². The number of allylic oxidation sites excluding steroid dienone is 1. The average molecular weight is 685 g/mol. The van der Waals surface area contributed by atoms with Crippen molar-refractivity contribution >= 4 is 35.6 Å². The van der Waals surface area contributed by atoms with Crippen molar-refractivity contribution in [1.82, 2.24) is 0 Å². The van der Waals surface area contributed by atoms with Gasteiger partial charge in [0.25, 0.3) is 0 Å². The van der Waals surface area contributed by atoms with Crippen LogP contribution in [-0.4, -0.2) is 76.9 Å². The SMILES string of the molecule is C=C1[C@H](OC(=O)c2ccccc2)[C@@H](OC(C)=O)[C@@H](OC(C)=O)C(C)(C)C=C[C@H](C)C(=O)[C@@]2(O)C[C@H](C)[C@H](OC(C)=O)[C@@H]2[C@H]1OC(=O)C(C)C. The van der Waals surface area contributed by atoms with Gasteiger partial charge in [0.05, 0.1) is 17.4 Å². The van der Waals surface area contributed by atoms with E-state index in [1.807, 2.05) is 0 Å². The topological polar surface area (TPSA) is 169 Å². The van der Waals surface area contributed by atoms with Gasteiger partial charge >= 0.3 is 29.8 Å². The summed E-state index contributed by atoms with van der Waals surface area (Å²) in [6.45, 7) is 17.4. The van der Waals surface area contributed by atoms with Crippen LogP contribution in [-0.2, 0) is 47.7 Å².